The van der Waals surface area contributed by atoms with Gasteiger partial charge in [-0.05, 0) is 31.2 Å². The van der Waals surface area contributed by atoms with Crippen LogP contribution in [0, 0.1) is 0 Å². The number of pyridine rings is 1. The minimum atomic E-state index is -0.421. The van der Waals surface area contributed by atoms with Crippen LogP contribution in [0.25, 0.3) is 0 Å². The lowest BCUT2D eigenvalue weighted by Crippen LogP contribution is -2.49. The Morgan fingerprint density at radius 3 is 2.72 bits per heavy atom. The molecule has 1 aromatic heterocycles. The van der Waals surface area contributed by atoms with Crippen LogP contribution in [0.2, 0.25) is 0 Å². The second kappa shape index (κ2) is 5.71. The zero-order valence-corrected chi connectivity index (χ0v) is 11.3. The predicted molar refractivity (Wildman–Crippen MR) is 71.8 cm³/mol. The Kier molecular flexibility index (Phi) is 4.24. The van der Waals surface area contributed by atoms with Crippen LogP contribution >= 0.6 is 11.8 Å². The molecule has 18 heavy (non-hydrogen) atoms. The van der Waals surface area contributed by atoms with E-state index in [0.717, 1.165) is 30.7 Å². The lowest BCUT2D eigenvalue weighted by Gasteiger charge is -2.27. The monoisotopic (exact) mass is 266 g/mol. The Balaban J connectivity index is 2.06. The molecule has 0 atom stereocenters. The van der Waals surface area contributed by atoms with Crippen molar-refractivity contribution in [2.24, 2.45) is 0 Å². The third-order valence-corrected chi connectivity index (χ3v) is 4.11. The Labute approximate surface area is 111 Å². The van der Waals surface area contributed by atoms with E-state index in [0.29, 0.717) is 5.56 Å². The summed E-state index contributed by atoms with van der Waals surface area (Å²) in [7, 11) is 0. The number of nitrogens with zero attached hydrogens (tertiary/aromatic N) is 1. The smallest absolute Gasteiger partial charge is 0.253 e. The second-order valence-corrected chi connectivity index (χ2v) is 5.52. The van der Waals surface area contributed by atoms with Crippen molar-refractivity contribution in [1.82, 2.24) is 10.3 Å². The highest BCUT2D eigenvalue weighted by Crippen LogP contribution is 2.29. The van der Waals surface area contributed by atoms with Crippen molar-refractivity contribution in [3.05, 3.63) is 23.9 Å². The molecule has 2 N–H and O–H groups in total. The maximum Gasteiger partial charge on any atom is 0.253 e. The summed E-state index contributed by atoms with van der Waals surface area (Å²) in [5.41, 5.74) is 0.127. The van der Waals surface area contributed by atoms with Crippen LogP contribution in [0.5, 0.6) is 0 Å². The van der Waals surface area contributed by atoms with Gasteiger partial charge in [-0.25, -0.2) is 4.98 Å². The molecule has 5 heteroatoms. The van der Waals surface area contributed by atoms with Gasteiger partial charge in [-0.2, -0.15) is 0 Å². The lowest BCUT2D eigenvalue weighted by atomic mass is 9.98. The summed E-state index contributed by atoms with van der Waals surface area (Å²) < 4.78 is 0. The standard InChI is InChI=1S/C13H18N2O2S/c1-18-11-5-4-10(8-14-11)12(17)15-13(9-16)6-2-3-7-13/h4-5,8,16H,2-3,6-7,9H2,1H3,(H,15,17). The van der Waals surface area contributed by atoms with Gasteiger partial charge in [0.2, 0.25) is 0 Å². The Morgan fingerprint density at radius 2 is 2.22 bits per heavy atom. The molecule has 1 heterocycles. The molecular weight excluding hydrogens is 248 g/mol. The number of hydrogen-bond donors (Lipinski definition) is 2. The molecule has 1 aromatic rings. The molecule has 0 spiro atoms. The summed E-state index contributed by atoms with van der Waals surface area (Å²) in [5.74, 6) is -0.147. The molecule has 0 saturated heterocycles. The molecule has 0 radical (unpaired) electrons. The van der Waals surface area contributed by atoms with Crippen LogP contribution in [-0.2, 0) is 0 Å². The van der Waals surface area contributed by atoms with Crippen LogP contribution in [0.15, 0.2) is 23.4 Å². The van der Waals surface area contributed by atoms with E-state index in [4.69, 9.17) is 0 Å². The maximum absolute atomic E-state index is 12.1. The second-order valence-electron chi connectivity index (χ2n) is 4.69. The van der Waals surface area contributed by atoms with Gasteiger partial charge in [0.25, 0.3) is 5.91 Å². The van der Waals surface area contributed by atoms with Crippen molar-refractivity contribution in [2.75, 3.05) is 12.9 Å². The van der Waals surface area contributed by atoms with Crippen molar-refractivity contribution in [3.63, 3.8) is 0 Å². The van der Waals surface area contributed by atoms with E-state index in [-0.39, 0.29) is 12.5 Å². The van der Waals surface area contributed by atoms with Crippen molar-refractivity contribution in [1.29, 1.82) is 0 Å². The fourth-order valence-corrected chi connectivity index (χ4v) is 2.69. The Morgan fingerprint density at radius 1 is 1.50 bits per heavy atom. The van der Waals surface area contributed by atoms with Gasteiger partial charge in [-0.3, -0.25) is 4.79 Å². The third kappa shape index (κ3) is 2.84. The molecule has 0 bridgehead atoms. The van der Waals surface area contributed by atoms with E-state index in [9.17, 15) is 9.90 Å². The highest BCUT2D eigenvalue weighted by atomic mass is 32.2. The molecule has 1 fully saturated rings. The number of rotatable bonds is 4. The van der Waals surface area contributed by atoms with Gasteiger partial charge in [0.1, 0.15) is 0 Å². The Bertz CT molecular complexity index is 414. The summed E-state index contributed by atoms with van der Waals surface area (Å²) in [5, 5.41) is 13.3. The number of thioether (sulfide) groups is 1. The Hall–Kier alpha value is -1.07. The van der Waals surface area contributed by atoms with Crippen molar-refractivity contribution in [3.8, 4) is 0 Å². The number of aliphatic hydroxyl groups is 1. The third-order valence-electron chi connectivity index (χ3n) is 3.45. The minimum absolute atomic E-state index is 0.00899. The van der Waals surface area contributed by atoms with Crippen molar-refractivity contribution in [2.45, 2.75) is 36.2 Å². The lowest BCUT2D eigenvalue weighted by molar-refractivity contribution is 0.0838. The summed E-state index contributed by atoms with van der Waals surface area (Å²) in [6.07, 6.45) is 7.36. The molecule has 1 aliphatic carbocycles. The van der Waals surface area contributed by atoms with Crippen LogP contribution in [0.3, 0.4) is 0 Å². The summed E-state index contributed by atoms with van der Waals surface area (Å²) in [6.45, 7) is 0.00899. The fraction of sp³-hybridized carbons (Fsp3) is 0.538. The number of carbonyl (C=O) groups excluding carboxylic acids is 1. The van der Waals surface area contributed by atoms with Gasteiger partial charge < -0.3 is 10.4 Å². The van der Waals surface area contributed by atoms with Gasteiger partial charge in [0.15, 0.2) is 0 Å². The largest absolute Gasteiger partial charge is 0.394 e. The first-order valence-corrected chi connectivity index (χ1v) is 7.35. The molecule has 98 valence electrons. The zero-order chi connectivity index (χ0) is 13.0. The van der Waals surface area contributed by atoms with E-state index in [1.165, 1.54) is 0 Å². The average molecular weight is 266 g/mol. The number of aliphatic hydroxyl groups excluding tert-OH is 1. The molecular formula is C13H18N2O2S. The van der Waals surface area contributed by atoms with E-state index >= 15 is 0 Å². The predicted octanol–water partition coefficient (Wildman–Crippen LogP) is 1.84. The number of amides is 1. The molecule has 1 saturated carbocycles. The zero-order valence-electron chi connectivity index (χ0n) is 10.5. The van der Waals surface area contributed by atoms with Gasteiger partial charge in [0.05, 0.1) is 22.7 Å². The molecule has 0 aromatic carbocycles. The first kappa shape index (κ1) is 13.4. The number of hydrogen-bond acceptors (Lipinski definition) is 4. The van der Waals surface area contributed by atoms with Gasteiger partial charge in [0, 0.05) is 6.20 Å². The summed E-state index contributed by atoms with van der Waals surface area (Å²) in [6, 6.07) is 3.61. The first-order chi connectivity index (χ1) is 8.69. The highest BCUT2D eigenvalue weighted by molar-refractivity contribution is 7.98. The van der Waals surface area contributed by atoms with Crippen LogP contribution < -0.4 is 5.32 Å². The van der Waals surface area contributed by atoms with E-state index in [1.54, 1.807) is 24.0 Å². The molecule has 1 amide bonds. The highest BCUT2D eigenvalue weighted by Gasteiger charge is 2.34. The maximum atomic E-state index is 12.1. The van der Waals surface area contributed by atoms with Crippen LogP contribution in [0.4, 0.5) is 0 Å². The fourth-order valence-electron chi connectivity index (χ4n) is 2.32. The van der Waals surface area contributed by atoms with Crippen molar-refractivity contribution >= 4 is 17.7 Å². The molecule has 4 nitrogen and oxygen atoms in total. The number of nitrogens with one attached hydrogen (secondary N) is 1. The van der Waals surface area contributed by atoms with E-state index < -0.39 is 5.54 Å². The summed E-state index contributed by atoms with van der Waals surface area (Å²) in [4.78, 5) is 16.3. The molecule has 2 rings (SSSR count). The normalized spacial score (nSPS) is 17.7. The average Bonchev–Trinajstić information content (AvgIpc) is 2.88. The minimum Gasteiger partial charge on any atom is -0.394 e. The molecule has 0 aliphatic heterocycles. The van der Waals surface area contributed by atoms with E-state index in [2.05, 4.69) is 10.3 Å². The number of aromatic nitrogens is 1. The molecule has 0 unspecified atom stereocenters. The van der Waals surface area contributed by atoms with Crippen LogP contribution in [-0.4, -0.2) is 34.4 Å². The van der Waals surface area contributed by atoms with Crippen molar-refractivity contribution < 1.29 is 9.90 Å². The van der Waals surface area contributed by atoms with E-state index in [1.807, 2.05) is 12.3 Å². The van der Waals surface area contributed by atoms with Crippen LogP contribution in [0.1, 0.15) is 36.0 Å². The summed E-state index contributed by atoms with van der Waals surface area (Å²) >= 11 is 1.54. The van der Waals surface area contributed by atoms with Gasteiger partial charge >= 0.3 is 0 Å². The quantitative estimate of drug-likeness (QED) is 0.816. The topological polar surface area (TPSA) is 62.2 Å². The SMILES string of the molecule is CSc1ccc(C(=O)NC2(CO)CCCC2)cn1. The van der Waals surface area contributed by atoms with Gasteiger partial charge in [-0.15, -0.1) is 11.8 Å². The molecule has 1 aliphatic rings. The van der Waals surface area contributed by atoms with Gasteiger partial charge in [-0.1, -0.05) is 12.8 Å². The number of carbonyl (C=O) groups is 1. The first-order valence-electron chi connectivity index (χ1n) is 6.12.